The summed E-state index contributed by atoms with van der Waals surface area (Å²) in [4.78, 5) is 24.8. The summed E-state index contributed by atoms with van der Waals surface area (Å²) in [5, 5.41) is 0. The molecule has 234 valence electrons. The first-order valence-corrected chi connectivity index (χ1v) is 15.5. The normalized spacial score (nSPS) is 13.5. The van der Waals surface area contributed by atoms with Crippen LogP contribution in [0.5, 0.6) is 11.5 Å². The number of aryl methyl sites for hydroxylation is 2. The standard InChI is InChI=1S/C29H25F3O10S2/c1-16-11-13-19(14-12-16)43(35,36)41-26-22(10-6-8-20-17(2)7-5-9-21(20)27(33)39-4)25(42-44(37,38)29(30,31)32)18(3)23-15-40-28(34)24(23)26/h5-9,11-14H,10,15H2,1-4H3. The zero-order valence-electron chi connectivity index (χ0n) is 23.6. The van der Waals surface area contributed by atoms with Gasteiger partial charge in [-0.25, -0.2) is 9.59 Å². The number of esters is 2. The number of hydrogen-bond acceptors (Lipinski definition) is 10. The quantitative estimate of drug-likeness (QED) is 0.169. The van der Waals surface area contributed by atoms with E-state index in [1.54, 1.807) is 26.0 Å². The van der Waals surface area contributed by atoms with Crippen LogP contribution in [-0.4, -0.2) is 41.4 Å². The summed E-state index contributed by atoms with van der Waals surface area (Å²) >= 11 is 0. The molecule has 10 nitrogen and oxygen atoms in total. The molecule has 0 spiro atoms. The number of benzene rings is 3. The summed E-state index contributed by atoms with van der Waals surface area (Å²) in [5.41, 5.74) is -5.27. The monoisotopic (exact) mass is 654 g/mol. The van der Waals surface area contributed by atoms with Gasteiger partial charge in [-0.1, -0.05) is 42.0 Å². The van der Waals surface area contributed by atoms with E-state index in [2.05, 4.69) is 4.18 Å². The van der Waals surface area contributed by atoms with Crippen LogP contribution in [0.3, 0.4) is 0 Å². The van der Waals surface area contributed by atoms with Crippen LogP contribution in [-0.2, 0) is 42.7 Å². The Morgan fingerprint density at radius 1 is 0.977 bits per heavy atom. The van der Waals surface area contributed by atoms with Crippen LogP contribution >= 0.6 is 0 Å². The molecule has 0 N–H and O–H groups in total. The van der Waals surface area contributed by atoms with Gasteiger partial charge in [0.15, 0.2) is 11.5 Å². The number of allylic oxidation sites excluding steroid dienone is 1. The second-order valence-electron chi connectivity index (χ2n) is 9.66. The van der Waals surface area contributed by atoms with Crippen molar-refractivity contribution in [2.75, 3.05) is 7.11 Å². The maximum atomic E-state index is 13.4. The molecule has 0 aliphatic carbocycles. The number of fused-ring (bicyclic) bond motifs is 1. The molecule has 0 saturated heterocycles. The molecule has 44 heavy (non-hydrogen) atoms. The van der Waals surface area contributed by atoms with E-state index >= 15 is 0 Å². The molecule has 1 aliphatic rings. The van der Waals surface area contributed by atoms with Crippen LogP contribution in [0, 0.1) is 20.8 Å². The van der Waals surface area contributed by atoms with Gasteiger partial charge in [0.2, 0.25) is 0 Å². The Labute approximate surface area is 251 Å². The Balaban J connectivity index is 1.96. The number of alkyl halides is 3. The molecule has 15 heteroatoms. The van der Waals surface area contributed by atoms with Gasteiger partial charge in [0.1, 0.15) is 17.1 Å². The van der Waals surface area contributed by atoms with Gasteiger partial charge in [0, 0.05) is 16.7 Å². The SMILES string of the molecule is COC(=O)c1cccc(C)c1C=CCc1c(OS(=O)(=O)C(F)(F)F)c(C)c2c(c1OS(=O)(=O)c1ccc(C)cc1)C(=O)OC2. The Morgan fingerprint density at radius 2 is 1.64 bits per heavy atom. The predicted octanol–water partition coefficient (Wildman–Crippen LogP) is 5.32. The van der Waals surface area contributed by atoms with Crippen LogP contribution < -0.4 is 8.37 Å². The van der Waals surface area contributed by atoms with Crippen LogP contribution in [0.15, 0.2) is 53.4 Å². The highest BCUT2D eigenvalue weighted by molar-refractivity contribution is 7.88. The van der Waals surface area contributed by atoms with Gasteiger partial charge < -0.3 is 17.8 Å². The lowest BCUT2D eigenvalue weighted by Gasteiger charge is -2.20. The Bertz CT molecular complexity index is 1890. The molecule has 0 fully saturated rings. The summed E-state index contributed by atoms with van der Waals surface area (Å²) in [6.07, 6.45) is 2.20. The number of carbonyl (C=O) groups is 2. The molecule has 0 unspecified atom stereocenters. The van der Waals surface area contributed by atoms with Crippen molar-refractivity contribution in [1.82, 2.24) is 0 Å². The fraction of sp³-hybridized carbons (Fsp3) is 0.241. The minimum atomic E-state index is -6.27. The zero-order chi connectivity index (χ0) is 32.6. The molecule has 0 saturated carbocycles. The minimum Gasteiger partial charge on any atom is -0.465 e. The van der Waals surface area contributed by atoms with Crippen molar-refractivity contribution in [3.05, 3.63) is 93.0 Å². The van der Waals surface area contributed by atoms with E-state index in [0.717, 1.165) is 0 Å². The summed E-state index contributed by atoms with van der Waals surface area (Å²) < 4.78 is 111. The topological polar surface area (TPSA) is 139 Å². The van der Waals surface area contributed by atoms with Crippen LogP contribution in [0.2, 0.25) is 0 Å². The molecule has 0 bridgehead atoms. The lowest BCUT2D eigenvalue weighted by atomic mass is 9.95. The van der Waals surface area contributed by atoms with Gasteiger partial charge in [-0.3, -0.25) is 0 Å². The van der Waals surface area contributed by atoms with Gasteiger partial charge >= 0.3 is 37.7 Å². The number of halogens is 3. The van der Waals surface area contributed by atoms with E-state index in [0.29, 0.717) is 16.7 Å². The van der Waals surface area contributed by atoms with Gasteiger partial charge in [0.05, 0.1) is 12.7 Å². The molecule has 3 aromatic rings. The van der Waals surface area contributed by atoms with E-state index in [-0.39, 0.29) is 21.6 Å². The number of cyclic esters (lactones) is 1. The number of hydrogen-bond donors (Lipinski definition) is 0. The van der Waals surface area contributed by atoms with E-state index in [9.17, 15) is 39.6 Å². The fourth-order valence-corrected chi connectivity index (χ4v) is 5.95. The predicted molar refractivity (Wildman–Crippen MR) is 150 cm³/mol. The molecule has 1 aliphatic heterocycles. The summed E-state index contributed by atoms with van der Waals surface area (Å²) in [6.45, 7) is 4.07. The van der Waals surface area contributed by atoms with Crippen molar-refractivity contribution < 1.29 is 57.4 Å². The van der Waals surface area contributed by atoms with Crippen molar-refractivity contribution in [2.45, 2.75) is 44.2 Å². The number of rotatable bonds is 9. The third-order valence-electron chi connectivity index (χ3n) is 6.74. The number of carbonyl (C=O) groups excluding carboxylic acids is 2. The Kier molecular flexibility index (Phi) is 8.85. The Morgan fingerprint density at radius 3 is 2.25 bits per heavy atom. The fourth-order valence-electron chi connectivity index (χ4n) is 4.44. The average molecular weight is 655 g/mol. The van der Waals surface area contributed by atoms with Crippen molar-refractivity contribution in [3.8, 4) is 11.5 Å². The molecule has 0 aromatic heterocycles. The van der Waals surface area contributed by atoms with Gasteiger partial charge in [-0.15, -0.1) is 0 Å². The highest BCUT2D eigenvalue weighted by Crippen LogP contribution is 2.45. The smallest absolute Gasteiger partial charge is 0.465 e. The maximum Gasteiger partial charge on any atom is 0.534 e. The highest BCUT2D eigenvalue weighted by atomic mass is 32.2. The molecule has 4 rings (SSSR count). The van der Waals surface area contributed by atoms with Gasteiger partial charge in [-0.05, 0) is 56.5 Å². The van der Waals surface area contributed by atoms with Gasteiger partial charge in [-0.2, -0.15) is 30.0 Å². The summed E-state index contributed by atoms with van der Waals surface area (Å²) in [6, 6.07) is 10.1. The third-order valence-corrected chi connectivity index (χ3v) is 8.93. The van der Waals surface area contributed by atoms with Crippen LogP contribution in [0.4, 0.5) is 13.2 Å². The van der Waals surface area contributed by atoms with E-state index in [4.69, 9.17) is 13.7 Å². The number of methoxy groups -OCH3 is 1. The molecule has 1 heterocycles. The molecular formula is C29H25F3O10S2. The first-order chi connectivity index (χ1) is 20.5. The molecule has 0 amide bonds. The maximum absolute atomic E-state index is 13.4. The summed E-state index contributed by atoms with van der Waals surface area (Å²) in [7, 11) is -9.82. The first kappa shape index (κ1) is 32.5. The van der Waals surface area contributed by atoms with E-state index in [1.807, 2.05) is 0 Å². The largest absolute Gasteiger partial charge is 0.534 e. The van der Waals surface area contributed by atoms with Crippen molar-refractivity contribution in [3.63, 3.8) is 0 Å². The van der Waals surface area contributed by atoms with Crippen LogP contribution in [0.1, 0.15) is 54.1 Å². The minimum absolute atomic E-state index is 0.115. The number of ether oxygens (including phenoxy) is 2. The summed E-state index contributed by atoms with van der Waals surface area (Å²) in [5.74, 6) is -3.38. The van der Waals surface area contributed by atoms with Gasteiger partial charge in [0.25, 0.3) is 0 Å². The van der Waals surface area contributed by atoms with Crippen molar-refractivity contribution in [1.29, 1.82) is 0 Å². The molecule has 0 atom stereocenters. The average Bonchev–Trinajstić information content (AvgIpc) is 3.33. The second-order valence-corrected chi connectivity index (χ2v) is 12.7. The third kappa shape index (κ3) is 6.28. The molecular weight excluding hydrogens is 629 g/mol. The molecule has 3 aromatic carbocycles. The van der Waals surface area contributed by atoms with Crippen LogP contribution in [0.25, 0.3) is 6.08 Å². The first-order valence-electron chi connectivity index (χ1n) is 12.7. The van der Waals surface area contributed by atoms with E-state index < -0.39 is 73.3 Å². The highest BCUT2D eigenvalue weighted by Gasteiger charge is 2.49. The lowest BCUT2D eigenvalue weighted by molar-refractivity contribution is -0.0500. The lowest BCUT2D eigenvalue weighted by Crippen LogP contribution is -2.29. The second kappa shape index (κ2) is 12.0. The Hall–Kier alpha value is -4.37. The van der Waals surface area contributed by atoms with E-state index in [1.165, 1.54) is 56.5 Å². The molecule has 0 radical (unpaired) electrons. The van der Waals surface area contributed by atoms with Crippen molar-refractivity contribution in [2.24, 2.45) is 0 Å². The van der Waals surface area contributed by atoms with Crippen molar-refractivity contribution >= 4 is 38.3 Å². The zero-order valence-corrected chi connectivity index (χ0v) is 25.3.